The summed E-state index contributed by atoms with van der Waals surface area (Å²) in [6.07, 6.45) is 0. The fraction of sp³-hybridized carbons (Fsp3) is 0.611. The van der Waals surface area contributed by atoms with Crippen molar-refractivity contribution in [2.45, 2.75) is 41.5 Å². The van der Waals surface area contributed by atoms with Gasteiger partial charge < -0.3 is 26.2 Å². The zero-order chi connectivity index (χ0) is 25.9. The molecule has 0 radical (unpaired) electrons. The normalized spacial score (nSPS) is 23.3. The molecule has 2 aliphatic rings. The molecule has 0 bridgehead atoms. The van der Waals surface area contributed by atoms with Gasteiger partial charge in [-0.3, -0.25) is 19.3 Å². The Bertz CT molecular complexity index is 1050. The molecule has 35 heavy (non-hydrogen) atoms. The highest BCUT2D eigenvalue weighted by Gasteiger charge is 2.66. The standard InChI is InChI=1S/C18H26N8O6S3/c1-8(19)13(28)20-9(2)33-7-11(27)21-18(32-4)15(31)26-12(14(29)30)10(5-34-16(18)26)6-35-17-22-23-24-25(17)3/h8-9,16H,5-7,19H2,1-4H3,(H,20,28)(H,21,27)(H,29,30)/t8-,9?,16-,18+/m1/s1. The summed E-state index contributed by atoms with van der Waals surface area (Å²) in [5.74, 6) is -2.25. The van der Waals surface area contributed by atoms with Gasteiger partial charge in [-0.25, -0.2) is 9.48 Å². The smallest absolute Gasteiger partial charge is 0.352 e. The quantitative estimate of drug-likeness (QED) is 0.143. The molecule has 0 aliphatic carbocycles. The maximum atomic E-state index is 13.1. The first-order valence-electron chi connectivity index (χ1n) is 10.3. The maximum absolute atomic E-state index is 13.1. The van der Waals surface area contributed by atoms with E-state index in [-0.39, 0.29) is 28.5 Å². The summed E-state index contributed by atoms with van der Waals surface area (Å²) >= 11 is 3.69. The highest BCUT2D eigenvalue weighted by atomic mass is 32.2. The largest absolute Gasteiger partial charge is 0.477 e. The Kier molecular flexibility index (Phi) is 8.68. The molecule has 2 aliphatic heterocycles. The number of hydrogen-bond acceptors (Lipinski definition) is 12. The minimum absolute atomic E-state index is 0.0641. The number of amides is 3. The predicted molar refractivity (Wildman–Crippen MR) is 129 cm³/mol. The van der Waals surface area contributed by atoms with E-state index >= 15 is 0 Å². The number of nitrogens with two attached hydrogens (primary N) is 1. The number of carbonyl (C=O) groups excluding carboxylic acids is 3. The van der Waals surface area contributed by atoms with E-state index in [0.29, 0.717) is 16.5 Å². The number of aromatic nitrogens is 4. The van der Waals surface area contributed by atoms with Crippen LogP contribution >= 0.6 is 35.3 Å². The van der Waals surface area contributed by atoms with Gasteiger partial charge in [0.1, 0.15) is 11.1 Å². The molecule has 1 saturated heterocycles. The van der Waals surface area contributed by atoms with Crippen molar-refractivity contribution in [3.8, 4) is 0 Å². The Morgan fingerprint density at radius 3 is 2.69 bits per heavy atom. The number of nitrogens with one attached hydrogen (secondary N) is 2. The number of carboxylic acid groups (broad SMARTS) is 1. The second kappa shape index (κ2) is 11.2. The van der Waals surface area contributed by atoms with Gasteiger partial charge in [-0.15, -0.1) is 28.6 Å². The molecule has 0 saturated carbocycles. The molecular formula is C18H26N8O6S3. The number of carboxylic acids is 1. The molecule has 1 fully saturated rings. The van der Waals surface area contributed by atoms with Gasteiger partial charge in [-0.1, -0.05) is 11.8 Å². The number of thioether (sulfide) groups is 3. The number of aryl methyl sites for hydroxylation is 1. The number of methoxy groups -OCH3 is 1. The van der Waals surface area contributed by atoms with Gasteiger partial charge in [0.05, 0.1) is 17.2 Å². The molecule has 1 unspecified atom stereocenters. The Morgan fingerprint density at radius 1 is 1.40 bits per heavy atom. The topological polar surface area (TPSA) is 195 Å². The third-order valence-electron chi connectivity index (χ3n) is 5.14. The number of rotatable bonds is 11. The van der Waals surface area contributed by atoms with Crippen LogP contribution in [0.4, 0.5) is 0 Å². The number of ether oxygens (including phenoxy) is 1. The van der Waals surface area contributed by atoms with Crippen molar-refractivity contribution < 1.29 is 29.0 Å². The molecule has 0 aromatic carbocycles. The first-order chi connectivity index (χ1) is 16.5. The van der Waals surface area contributed by atoms with Crippen LogP contribution < -0.4 is 16.4 Å². The molecule has 3 heterocycles. The fourth-order valence-electron chi connectivity index (χ4n) is 3.37. The average Bonchev–Trinajstić information content (AvgIpc) is 3.23. The van der Waals surface area contributed by atoms with Gasteiger partial charge >= 0.3 is 5.97 Å². The minimum atomic E-state index is -1.69. The molecule has 1 aromatic rings. The van der Waals surface area contributed by atoms with Crippen LogP contribution in [0.1, 0.15) is 13.8 Å². The van der Waals surface area contributed by atoms with E-state index in [1.54, 1.807) is 20.9 Å². The number of β-lactam (4-membered cyclic amide) rings is 1. The van der Waals surface area contributed by atoms with Crippen molar-refractivity contribution in [2.24, 2.45) is 12.8 Å². The molecule has 3 amide bonds. The molecule has 1 aromatic heterocycles. The summed E-state index contributed by atoms with van der Waals surface area (Å²) in [7, 11) is 2.95. The van der Waals surface area contributed by atoms with Crippen molar-refractivity contribution in [3.63, 3.8) is 0 Å². The van der Waals surface area contributed by atoms with Crippen LogP contribution in [-0.4, -0.2) is 101 Å². The van der Waals surface area contributed by atoms with Gasteiger partial charge in [0.15, 0.2) is 0 Å². The van der Waals surface area contributed by atoms with E-state index in [4.69, 9.17) is 10.5 Å². The second-order valence-corrected chi connectivity index (χ2v) is 11.0. The van der Waals surface area contributed by atoms with Gasteiger partial charge in [0.25, 0.3) is 11.6 Å². The summed E-state index contributed by atoms with van der Waals surface area (Å²) in [5.41, 5.74) is 4.23. The van der Waals surface area contributed by atoms with Crippen molar-refractivity contribution >= 4 is 59.0 Å². The van der Waals surface area contributed by atoms with Gasteiger partial charge in [-0.05, 0) is 29.8 Å². The van der Waals surface area contributed by atoms with E-state index in [1.807, 2.05) is 0 Å². The number of aliphatic carboxylic acids is 1. The van der Waals surface area contributed by atoms with E-state index in [9.17, 15) is 24.3 Å². The Hall–Kier alpha value is -2.34. The third-order valence-corrected chi connectivity index (χ3v) is 8.66. The highest BCUT2D eigenvalue weighted by Crippen LogP contribution is 2.47. The minimum Gasteiger partial charge on any atom is -0.477 e. The van der Waals surface area contributed by atoms with Crippen LogP contribution in [0.25, 0.3) is 0 Å². The lowest BCUT2D eigenvalue weighted by atomic mass is 9.98. The Balaban J connectivity index is 1.67. The Morgan fingerprint density at radius 2 is 2.11 bits per heavy atom. The summed E-state index contributed by atoms with van der Waals surface area (Å²) in [6, 6.07) is -0.678. The predicted octanol–water partition coefficient (Wildman–Crippen LogP) is -1.44. The first-order valence-corrected chi connectivity index (χ1v) is 13.4. The fourth-order valence-corrected chi connectivity index (χ4v) is 6.47. The average molecular weight is 547 g/mol. The summed E-state index contributed by atoms with van der Waals surface area (Å²) in [6.45, 7) is 3.26. The van der Waals surface area contributed by atoms with Crippen LogP contribution in [0.2, 0.25) is 0 Å². The molecule has 0 spiro atoms. The molecular weight excluding hydrogens is 520 g/mol. The number of tetrazole rings is 1. The third kappa shape index (κ3) is 5.58. The van der Waals surface area contributed by atoms with Gasteiger partial charge in [-0.2, -0.15) is 0 Å². The molecule has 5 N–H and O–H groups in total. The molecule has 14 nitrogen and oxygen atoms in total. The summed E-state index contributed by atoms with van der Waals surface area (Å²) in [5, 5.41) is 25.6. The maximum Gasteiger partial charge on any atom is 0.352 e. The Labute approximate surface area is 213 Å². The highest BCUT2D eigenvalue weighted by molar-refractivity contribution is 8.01. The summed E-state index contributed by atoms with van der Waals surface area (Å²) in [4.78, 5) is 50.7. The van der Waals surface area contributed by atoms with Crippen molar-refractivity contribution in [3.05, 3.63) is 11.3 Å². The first kappa shape index (κ1) is 27.3. The van der Waals surface area contributed by atoms with Crippen molar-refractivity contribution in [1.29, 1.82) is 0 Å². The van der Waals surface area contributed by atoms with Gasteiger partial charge in [0, 0.05) is 25.7 Å². The van der Waals surface area contributed by atoms with Crippen LogP contribution in [0.15, 0.2) is 16.4 Å². The van der Waals surface area contributed by atoms with Crippen LogP contribution in [0.3, 0.4) is 0 Å². The number of fused-ring (bicyclic) bond motifs is 1. The second-order valence-electron chi connectivity index (χ2n) is 7.71. The van der Waals surface area contributed by atoms with E-state index in [0.717, 1.165) is 16.7 Å². The number of nitrogens with zero attached hydrogens (tertiary/aromatic N) is 5. The molecule has 4 atom stereocenters. The zero-order valence-electron chi connectivity index (χ0n) is 19.4. The number of hydrogen-bond donors (Lipinski definition) is 4. The molecule has 17 heteroatoms. The van der Waals surface area contributed by atoms with Crippen LogP contribution in [0.5, 0.6) is 0 Å². The van der Waals surface area contributed by atoms with Crippen LogP contribution in [-0.2, 0) is 31.0 Å². The van der Waals surface area contributed by atoms with E-state index in [2.05, 4.69) is 26.2 Å². The lowest BCUT2D eigenvalue weighted by Crippen LogP contribution is -2.80. The zero-order valence-corrected chi connectivity index (χ0v) is 21.8. The van der Waals surface area contributed by atoms with E-state index < -0.39 is 34.9 Å². The molecule has 192 valence electrons. The number of carbonyl (C=O) groups is 4. The van der Waals surface area contributed by atoms with Crippen molar-refractivity contribution in [1.82, 2.24) is 35.7 Å². The van der Waals surface area contributed by atoms with Crippen LogP contribution in [0, 0.1) is 0 Å². The lowest BCUT2D eigenvalue weighted by molar-refractivity contribution is -0.192. The van der Waals surface area contributed by atoms with Gasteiger partial charge in [0.2, 0.25) is 17.0 Å². The van der Waals surface area contributed by atoms with E-state index in [1.165, 1.54) is 35.3 Å². The molecule has 3 rings (SSSR count). The SMILES string of the molecule is CO[C@@]1(NC(=O)CSC(C)NC(=O)[C@@H](C)N)C(=O)N2C(C(=O)O)=C(CSc3nnnn3C)CS[C@@H]21. The lowest BCUT2D eigenvalue weighted by Gasteiger charge is -2.55. The monoisotopic (exact) mass is 546 g/mol. The van der Waals surface area contributed by atoms with Crippen molar-refractivity contribution in [2.75, 3.05) is 24.4 Å². The summed E-state index contributed by atoms with van der Waals surface area (Å²) < 4.78 is 6.90.